The predicted octanol–water partition coefficient (Wildman–Crippen LogP) is 4.47. The van der Waals surface area contributed by atoms with Crippen molar-refractivity contribution in [1.29, 1.82) is 0 Å². The fourth-order valence-corrected chi connectivity index (χ4v) is 1.74. The van der Waals surface area contributed by atoms with Gasteiger partial charge in [-0.25, -0.2) is 0 Å². The topological polar surface area (TPSA) is 35.5 Å². The average Bonchev–Trinajstić information content (AvgIpc) is 2.50. The lowest BCUT2D eigenvalue weighted by Gasteiger charge is -2.12. The summed E-state index contributed by atoms with van der Waals surface area (Å²) in [5, 5.41) is 0. The highest BCUT2D eigenvalue weighted by Gasteiger charge is 2.08. The first kappa shape index (κ1) is 14.1. The number of rotatable bonds is 7. The van der Waals surface area contributed by atoms with Crippen molar-refractivity contribution >= 4 is 6.29 Å². The number of ether oxygens (including phenoxy) is 2. The standard InChI is InChI=1S/C17H18O3/c1-2-3-11-19-16-10-9-14(13-18)12-17(16)20-15-7-5-4-6-8-15/h4-10,12-13H,2-3,11H2,1H3. The Kier molecular flexibility index (Phi) is 5.18. The third-order valence-electron chi connectivity index (χ3n) is 2.83. The van der Waals surface area contributed by atoms with Crippen LogP contribution in [0.5, 0.6) is 17.2 Å². The van der Waals surface area contributed by atoms with E-state index in [0.717, 1.165) is 24.9 Å². The summed E-state index contributed by atoms with van der Waals surface area (Å²) in [4.78, 5) is 10.9. The molecule has 2 aromatic rings. The third-order valence-corrected chi connectivity index (χ3v) is 2.83. The molecule has 0 N–H and O–H groups in total. The largest absolute Gasteiger partial charge is 0.490 e. The zero-order valence-corrected chi connectivity index (χ0v) is 11.5. The van der Waals surface area contributed by atoms with E-state index in [2.05, 4.69) is 6.92 Å². The number of benzene rings is 2. The first-order chi connectivity index (χ1) is 9.83. The maximum Gasteiger partial charge on any atom is 0.169 e. The van der Waals surface area contributed by atoms with E-state index < -0.39 is 0 Å². The van der Waals surface area contributed by atoms with Crippen molar-refractivity contribution in [2.24, 2.45) is 0 Å². The smallest absolute Gasteiger partial charge is 0.169 e. The van der Waals surface area contributed by atoms with Crippen molar-refractivity contribution in [2.45, 2.75) is 19.8 Å². The Bertz CT molecular complexity index is 549. The minimum atomic E-state index is 0.567. The van der Waals surface area contributed by atoms with Crippen LogP contribution in [0.15, 0.2) is 48.5 Å². The quantitative estimate of drug-likeness (QED) is 0.550. The van der Waals surface area contributed by atoms with Crippen LogP contribution in [-0.2, 0) is 0 Å². The number of hydrogen-bond donors (Lipinski definition) is 0. The third kappa shape index (κ3) is 3.85. The van der Waals surface area contributed by atoms with E-state index in [1.165, 1.54) is 0 Å². The molecule has 0 bridgehead atoms. The lowest BCUT2D eigenvalue weighted by atomic mass is 10.2. The zero-order chi connectivity index (χ0) is 14.2. The summed E-state index contributed by atoms with van der Waals surface area (Å²) in [5.74, 6) is 1.95. The molecular weight excluding hydrogens is 252 g/mol. The zero-order valence-electron chi connectivity index (χ0n) is 11.5. The van der Waals surface area contributed by atoms with Crippen LogP contribution in [0.25, 0.3) is 0 Å². The second kappa shape index (κ2) is 7.34. The van der Waals surface area contributed by atoms with Gasteiger partial charge in [-0.3, -0.25) is 4.79 Å². The number of aldehydes is 1. The molecule has 3 nitrogen and oxygen atoms in total. The van der Waals surface area contributed by atoms with E-state index >= 15 is 0 Å². The summed E-state index contributed by atoms with van der Waals surface area (Å²) < 4.78 is 11.5. The molecule has 104 valence electrons. The second-order valence-electron chi connectivity index (χ2n) is 4.44. The SMILES string of the molecule is CCCCOc1ccc(C=O)cc1Oc1ccccc1. The van der Waals surface area contributed by atoms with Crippen molar-refractivity contribution in [3.8, 4) is 17.2 Å². The van der Waals surface area contributed by atoms with E-state index in [4.69, 9.17) is 9.47 Å². The van der Waals surface area contributed by atoms with E-state index in [-0.39, 0.29) is 0 Å². The number of carbonyl (C=O) groups is 1. The normalized spacial score (nSPS) is 10.1. The molecule has 0 fully saturated rings. The summed E-state index contributed by atoms with van der Waals surface area (Å²) in [6.45, 7) is 2.75. The van der Waals surface area contributed by atoms with Gasteiger partial charge in [0.1, 0.15) is 12.0 Å². The molecule has 20 heavy (non-hydrogen) atoms. The number of hydrogen-bond acceptors (Lipinski definition) is 3. The van der Waals surface area contributed by atoms with Crippen molar-refractivity contribution in [3.63, 3.8) is 0 Å². The van der Waals surface area contributed by atoms with E-state index in [1.807, 2.05) is 30.3 Å². The van der Waals surface area contributed by atoms with E-state index in [9.17, 15) is 4.79 Å². The Labute approximate surface area is 119 Å². The summed E-state index contributed by atoms with van der Waals surface area (Å²) in [6, 6.07) is 14.7. The first-order valence-corrected chi connectivity index (χ1v) is 6.78. The number of carbonyl (C=O) groups excluding carboxylic acids is 1. The van der Waals surface area contributed by atoms with Crippen LogP contribution in [0, 0.1) is 0 Å². The predicted molar refractivity (Wildman–Crippen MR) is 78.7 cm³/mol. The lowest BCUT2D eigenvalue weighted by molar-refractivity contribution is 0.112. The molecule has 0 saturated heterocycles. The van der Waals surface area contributed by atoms with Gasteiger partial charge in [-0.2, -0.15) is 0 Å². The Morgan fingerprint density at radius 1 is 1.05 bits per heavy atom. The highest BCUT2D eigenvalue weighted by atomic mass is 16.5. The van der Waals surface area contributed by atoms with Crippen molar-refractivity contribution < 1.29 is 14.3 Å². The van der Waals surface area contributed by atoms with Gasteiger partial charge in [0.2, 0.25) is 0 Å². The molecular formula is C17H18O3. The minimum Gasteiger partial charge on any atom is -0.490 e. The number of para-hydroxylation sites is 1. The molecule has 0 heterocycles. The molecule has 0 spiro atoms. The molecule has 0 aliphatic carbocycles. The Morgan fingerprint density at radius 3 is 2.55 bits per heavy atom. The van der Waals surface area contributed by atoms with Gasteiger partial charge in [0.15, 0.2) is 11.5 Å². The lowest BCUT2D eigenvalue weighted by Crippen LogP contribution is -1.99. The van der Waals surface area contributed by atoms with Crippen LogP contribution in [0.3, 0.4) is 0 Å². The van der Waals surface area contributed by atoms with Crippen LogP contribution in [0.4, 0.5) is 0 Å². The molecule has 0 unspecified atom stereocenters. The molecule has 3 heteroatoms. The monoisotopic (exact) mass is 270 g/mol. The Morgan fingerprint density at radius 2 is 1.85 bits per heavy atom. The Hall–Kier alpha value is -2.29. The van der Waals surface area contributed by atoms with E-state index in [1.54, 1.807) is 18.2 Å². The van der Waals surface area contributed by atoms with Gasteiger partial charge in [-0.1, -0.05) is 31.5 Å². The van der Waals surface area contributed by atoms with Gasteiger partial charge in [-0.05, 0) is 36.8 Å². The Balaban J connectivity index is 2.20. The second-order valence-corrected chi connectivity index (χ2v) is 4.44. The molecule has 0 radical (unpaired) electrons. The van der Waals surface area contributed by atoms with Crippen molar-refractivity contribution in [1.82, 2.24) is 0 Å². The molecule has 0 aromatic heterocycles. The highest BCUT2D eigenvalue weighted by Crippen LogP contribution is 2.32. The summed E-state index contributed by atoms with van der Waals surface area (Å²) in [7, 11) is 0. The van der Waals surface area contributed by atoms with Gasteiger partial charge >= 0.3 is 0 Å². The molecule has 0 amide bonds. The van der Waals surface area contributed by atoms with Crippen LogP contribution < -0.4 is 9.47 Å². The van der Waals surface area contributed by atoms with Crippen LogP contribution in [-0.4, -0.2) is 12.9 Å². The van der Waals surface area contributed by atoms with Gasteiger partial charge in [0, 0.05) is 5.56 Å². The number of unbranched alkanes of at least 4 members (excludes halogenated alkanes) is 1. The minimum absolute atomic E-state index is 0.567. The van der Waals surface area contributed by atoms with Crippen LogP contribution >= 0.6 is 0 Å². The highest BCUT2D eigenvalue weighted by molar-refractivity contribution is 5.76. The average molecular weight is 270 g/mol. The van der Waals surface area contributed by atoms with Crippen LogP contribution in [0.2, 0.25) is 0 Å². The fraction of sp³-hybridized carbons (Fsp3) is 0.235. The van der Waals surface area contributed by atoms with Gasteiger partial charge < -0.3 is 9.47 Å². The van der Waals surface area contributed by atoms with Gasteiger partial charge in [0.25, 0.3) is 0 Å². The fourth-order valence-electron chi connectivity index (χ4n) is 1.74. The van der Waals surface area contributed by atoms with Crippen molar-refractivity contribution in [2.75, 3.05) is 6.61 Å². The molecule has 0 aliphatic heterocycles. The maximum atomic E-state index is 10.9. The maximum absolute atomic E-state index is 10.9. The van der Waals surface area contributed by atoms with Gasteiger partial charge in [0.05, 0.1) is 6.61 Å². The van der Waals surface area contributed by atoms with Crippen LogP contribution in [0.1, 0.15) is 30.1 Å². The summed E-state index contributed by atoms with van der Waals surface area (Å²) in [6.07, 6.45) is 2.86. The van der Waals surface area contributed by atoms with Crippen molar-refractivity contribution in [3.05, 3.63) is 54.1 Å². The molecule has 0 atom stereocenters. The summed E-state index contributed by atoms with van der Waals surface area (Å²) in [5.41, 5.74) is 0.568. The molecule has 0 saturated carbocycles. The first-order valence-electron chi connectivity index (χ1n) is 6.78. The van der Waals surface area contributed by atoms with E-state index in [0.29, 0.717) is 23.7 Å². The molecule has 0 aliphatic rings. The molecule has 2 aromatic carbocycles. The summed E-state index contributed by atoms with van der Waals surface area (Å²) >= 11 is 0. The molecule has 2 rings (SSSR count). The van der Waals surface area contributed by atoms with Gasteiger partial charge in [-0.15, -0.1) is 0 Å².